The van der Waals surface area contributed by atoms with Gasteiger partial charge in [0, 0.05) is 30.7 Å². The molecule has 0 bridgehead atoms. The Kier molecular flexibility index (Phi) is 2.91. The van der Waals surface area contributed by atoms with Crippen LogP contribution in [0.25, 0.3) is 11.0 Å². The molecule has 8 nitrogen and oxygen atoms in total. The molecule has 1 atom stereocenters. The van der Waals surface area contributed by atoms with E-state index in [1.165, 1.54) is 11.2 Å². The van der Waals surface area contributed by atoms with Gasteiger partial charge in [0.2, 0.25) is 15.0 Å². The second-order valence-electron chi connectivity index (χ2n) is 4.51. The number of hydrogen-bond acceptors (Lipinski definition) is 6. The number of carbonyl (C=O) groups is 1. The second-order valence-corrected chi connectivity index (χ2v) is 7.42. The van der Waals surface area contributed by atoms with Gasteiger partial charge in [0.25, 0.3) is 0 Å². The monoisotopic (exact) mass is 315 g/mol. The van der Waals surface area contributed by atoms with Crippen LogP contribution >= 0.6 is 10.7 Å². The normalized spacial score (nSPS) is 20.0. The van der Waals surface area contributed by atoms with Gasteiger partial charge in [-0.2, -0.15) is 5.10 Å². The van der Waals surface area contributed by atoms with Crippen LogP contribution < -0.4 is 4.90 Å². The standard InChI is InChI=1S/C10H10ClN5O3S/c1-15-9-7(3-14-15)10(13-5-12-9)16-4-6(2-8(16)17)20(11,18)19/h3,5-6H,2,4H2,1H3. The van der Waals surface area contributed by atoms with Gasteiger partial charge in [-0.1, -0.05) is 0 Å². The predicted octanol–water partition coefficient (Wildman–Crippen LogP) is 0.0372. The summed E-state index contributed by atoms with van der Waals surface area (Å²) in [5, 5.41) is 3.73. The Morgan fingerprint density at radius 2 is 2.15 bits per heavy atom. The number of rotatable bonds is 2. The first kappa shape index (κ1) is 13.3. The van der Waals surface area contributed by atoms with Crippen LogP contribution in [0.4, 0.5) is 5.82 Å². The third-order valence-electron chi connectivity index (χ3n) is 3.25. The summed E-state index contributed by atoms with van der Waals surface area (Å²) in [6, 6.07) is 0. The maximum Gasteiger partial charge on any atom is 0.237 e. The highest BCUT2D eigenvalue weighted by Crippen LogP contribution is 2.29. The molecule has 1 fully saturated rings. The maximum absolute atomic E-state index is 12.0. The molecule has 0 N–H and O–H groups in total. The van der Waals surface area contributed by atoms with Gasteiger partial charge >= 0.3 is 0 Å². The fourth-order valence-electron chi connectivity index (χ4n) is 2.23. The van der Waals surface area contributed by atoms with Crippen LogP contribution in [0.2, 0.25) is 0 Å². The Labute approximate surface area is 118 Å². The van der Waals surface area contributed by atoms with Gasteiger partial charge in [0.15, 0.2) is 5.65 Å². The van der Waals surface area contributed by atoms with Crippen molar-refractivity contribution in [2.75, 3.05) is 11.4 Å². The molecular formula is C10H10ClN5O3S. The molecule has 0 aromatic carbocycles. The van der Waals surface area contributed by atoms with Crippen molar-refractivity contribution < 1.29 is 13.2 Å². The summed E-state index contributed by atoms with van der Waals surface area (Å²) in [5.41, 5.74) is 0.569. The zero-order chi connectivity index (χ0) is 14.5. The topological polar surface area (TPSA) is 98.1 Å². The molecule has 20 heavy (non-hydrogen) atoms. The van der Waals surface area contributed by atoms with Crippen LogP contribution in [-0.2, 0) is 20.9 Å². The average Bonchev–Trinajstić information content (AvgIpc) is 2.93. The van der Waals surface area contributed by atoms with E-state index >= 15 is 0 Å². The van der Waals surface area contributed by atoms with E-state index in [-0.39, 0.29) is 18.9 Å². The average molecular weight is 316 g/mol. The molecule has 2 aromatic rings. The molecule has 1 aliphatic heterocycles. The first-order valence-corrected chi connectivity index (χ1v) is 8.11. The van der Waals surface area contributed by atoms with Crippen molar-refractivity contribution in [2.24, 2.45) is 7.05 Å². The van der Waals surface area contributed by atoms with Crippen molar-refractivity contribution in [2.45, 2.75) is 11.7 Å². The summed E-state index contributed by atoms with van der Waals surface area (Å²) in [7, 11) is 3.26. The zero-order valence-electron chi connectivity index (χ0n) is 10.4. The Bertz CT molecular complexity index is 802. The summed E-state index contributed by atoms with van der Waals surface area (Å²) in [4.78, 5) is 21.5. The Balaban J connectivity index is 2.06. The minimum absolute atomic E-state index is 0.00826. The molecule has 3 heterocycles. The van der Waals surface area contributed by atoms with Gasteiger partial charge in [-0.05, 0) is 0 Å². The number of anilines is 1. The van der Waals surface area contributed by atoms with Crippen LogP contribution in [0.3, 0.4) is 0 Å². The van der Waals surface area contributed by atoms with Crippen molar-refractivity contribution in [3.8, 4) is 0 Å². The first-order valence-electron chi connectivity index (χ1n) is 5.74. The first-order chi connectivity index (χ1) is 9.38. The summed E-state index contributed by atoms with van der Waals surface area (Å²) in [6.07, 6.45) is 2.72. The molecule has 3 rings (SSSR count). The van der Waals surface area contributed by atoms with Gasteiger partial charge < -0.3 is 0 Å². The van der Waals surface area contributed by atoms with Gasteiger partial charge in [-0.3, -0.25) is 14.4 Å². The number of aromatic nitrogens is 4. The van der Waals surface area contributed by atoms with Gasteiger partial charge in [0.1, 0.15) is 17.4 Å². The number of halogens is 1. The van der Waals surface area contributed by atoms with Crippen molar-refractivity contribution in [3.63, 3.8) is 0 Å². The zero-order valence-corrected chi connectivity index (χ0v) is 12.0. The number of hydrogen-bond donors (Lipinski definition) is 0. The van der Waals surface area contributed by atoms with E-state index in [4.69, 9.17) is 10.7 Å². The van der Waals surface area contributed by atoms with Gasteiger partial charge in [0.05, 0.1) is 11.6 Å². The molecule has 0 spiro atoms. The van der Waals surface area contributed by atoms with E-state index in [0.717, 1.165) is 0 Å². The minimum Gasteiger partial charge on any atom is -0.295 e. The largest absolute Gasteiger partial charge is 0.295 e. The fourth-order valence-corrected chi connectivity index (χ4v) is 3.26. The summed E-state index contributed by atoms with van der Waals surface area (Å²) >= 11 is 0. The van der Waals surface area contributed by atoms with Crippen molar-refractivity contribution in [3.05, 3.63) is 12.5 Å². The number of amides is 1. The van der Waals surface area contributed by atoms with Crippen LogP contribution in [-0.4, -0.2) is 45.9 Å². The van der Waals surface area contributed by atoms with Crippen LogP contribution in [0, 0.1) is 0 Å². The maximum atomic E-state index is 12.0. The molecule has 106 valence electrons. The van der Waals surface area contributed by atoms with E-state index in [9.17, 15) is 13.2 Å². The fraction of sp³-hybridized carbons (Fsp3) is 0.400. The number of fused-ring (bicyclic) bond motifs is 1. The second kappa shape index (κ2) is 4.38. The molecule has 0 radical (unpaired) electrons. The predicted molar refractivity (Wildman–Crippen MR) is 71.8 cm³/mol. The molecule has 1 unspecified atom stereocenters. The Hall–Kier alpha value is -1.74. The summed E-state index contributed by atoms with van der Waals surface area (Å²) in [5.74, 6) is 0.0268. The lowest BCUT2D eigenvalue weighted by Gasteiger charge is -2.15. The molecule has 0 saturated carbocycles. The lowest BCUT2D eigenvalue weighted by atomic mass is 10.3. The SMILES string of the molecule is Cn1ncc2c(N3CC(S(=O)(=O)Cl)CC3=O)ncnc21. The highest BCUT2D eigenvalue weighted by molar-refractivity contribution is 8.14. The smallest absolute Gasteiger partial charge is 0.237 e. The van der Waals surface area contributed by atoms with Crippen molar-refractivity contribution >= 4 is 42.5 Å². The van der Waals surface area contributed by atoms with E-state index in [1.54, 1.807) is 17.9 Å². The minimum atomic E-state index is -3.78. The van der Waals surface area contributed by atoms with Crippen molar-refractivity contribution in [1.29, 1.82) is 0 Å². The molecular weight excluding hydrogens is 306 g/mol. The number of nitrogens with zero attached hydrogens (tertiary/aromatic N) is 5. The lowest BCUT2D eigenvalue weighted by molar-refractivity contribution is -0.117. The molecule has 1 saturated heterocycles. The van der Waals surface area contributed by atoms with E-state index in [2.05, 4.69) is 15.1 Å². The molecule has 0 aliphatic carbocycles. The third kappa shape index (κ3) is 2.02. The Morgan fingerprint density at radius 1 is 1.40 bits per heavy atom. The van der Waals surface area contributed by atoms with Crippen molar-refractivity contribution in [1.82, 2.24) is 19.7 Å². The van der Waals surface area contributed by atoms with Crippen LogP contribution in [0.15, 0.2) is 12.5 Å². The molecule has 1 amide bonds. The Morgan fingerprint density at radius 3 is 2.80 bits per heavy atom. The molecule has 10 heteroatoms. The quantitative estimate of drug-likeness (QED) is 0.726. The van der Waals surface area contributed by atoms with E-state index in [0.29, 0.717) is 16.9 Å². The highest BCUT2D eigenvalue weighted by Gasteiger charge is 2.39. The molecule has 1 aliphatic rings. The molecule has 2 aromatic heterocycles. The van der Waals surface area contributed by atoms with Gasteiger partial charge in [-0.15, -0.1) is 0 Å². The van der Waals surface area contributed by atoms with E-state index < -0.39 is 14.3 Å². The van der Waals surface area contributed by atoms with Crippen LogP contribution in [0.5, 0.6) is 0 Å². The third-order valence-corrected chi connectivity index (χ3v) is 5.12. The van der Waals surface area contributed by atoms with Crippen LogP contribution in [0.1, 0.15) is 6.42 Å². The number of aryl methyl sites for hydroxylation is 1. The van der Waals surface area contributed by atoms with E-state index in [1.807, 2.05) is 0 Å². The number of carbonyl (C=O) groups excluding carboxylic acids is 1. The summed E-state index contributed by atoms with van der Waals surface area (Å²) < 4.78 is 24.3. The highest BCUT2D eigenvalue weighted by atomic mass is 35.7. The lowest BCUT2D eigenvalue weighted by Crippen LogP contribution is -2.27. The van der Waals surface area contributed by atoms with Gasteiger partial charge in [-0.25, -0.2) is 18.4 Å². The summed E-state index contributed by atoms with van der Waals surface area (Å²) in [6.45, 7) is -0.00826.